The van der Waals surface area contributed by atoms with E-state index in [1.54, 1.807) is 14.0 Å². The van der Waals surface area contributed by atoms with Gasteiger partial charge in [0.05, 0.1) is 11.2 Å². The summed E-state index contributed by atoms with van der Waals surface area (Å²) in [6.45, 7) is 2.28. The highest BCUT2D eigenvalue weighted by molar-refractivity contribution is 5.90. The smallest absolute Gasteiger partial charge is 0.267 e. The Kier molecular flexibility index (Phi) is 4.21. The fourth-order valence-corrected chi connectivity index (χ4v) is 3.22. The van der Waals surface area contributed by atoms with E-state index in [4.69, 9.17) is 5.73 Å². The van der Waals surface area contributed by atoms with E-state index >= 15 is 0 Å². The average molecular weight is 373 g/mol. The van der Waals surface area contributed by atoms with Crippen LogP contribution in [0.4, 0.5) is 5.82 Å². The van der Waals surface area contributed by atoms with Crippen LogP contribution in [0, 0.1) is 18.8 Å². The van der Waals surface area contributed by atoms with Crippen LogP contribution >= 0.6 is 0 Å². The van der Waals surface area contributed by atoms with E-state index in [-0.39, 0.29) is 5.91 Å². The van der Waals surface area contributed by atoms with Crippen molar-refractivity contribution in [3.05, 3.63) is 47.8 Å². The summed E-state index contributed by atoms with van der Waals surface area (Å²) in [6, 6.07) is 11.2. The number of hydrogen-bond acceptors (Lipinski definition) is 6. The summed E-state index contributed by atoms with van der Waals surface area (Å²) >= 11 is 0. The molecule has 140 valence electrons. The number of amides is 1. The number of likely N-dealkylation sites (N-methyl/N-ethyl adjacent to an activating group) is 1. The summed E-state index contributed by atoms with van der Waals surface area (Å²) in [5.74, 6) is 6.23. The second kappa shape index (κ2) is 6.59. The van der Waals surface area contributed by atoms with Gasteiger partial charge in [-0.3, -0.25) is 4.79 Å². The third kappa shape index (κ3) is 3.15. The number of aromatic nitrogens is 3. The lowest BCUT2D eigenvalue weighted by atomic mass is 10.0. The van der Waals surface area contributed by atoms with Crippen molar-refractivity contribution < 1.29 is 9.90 Å². The highest BCUT2D eigenvalue weighted by Gasteiger charge is 2.42. The number of nitrogens with two attached hydrogens (primary N) is 1. The molecule has 1 amide bonds. The molecule has 0 spiro atoms. The predicted molar refractivity (Wildman–Crippen MR) is 106 cm³/mol. The van der Waals surface area contributed by atoms with E-state index in [0.717, 1.165) is 5.56 Å². The first-order valence-corrected chi connectivity index (χ1v) is 8.88. The summed E-state index contributed by atoms with van der Waals surface area (Å²) in [7, 11) is 1.66. The van der Waals surface area contributed by atoms with Gasteiger partial charge >= 0.3 is 0 Å². The lowest BCUT2D eigenvalue weighted by Gasteiger charge is -2.13. The van der Waals surface area contributed by atoms with Crippen LogP contribution in [0.15, 0.2) is 36.4 Å². The Bertz CT molecular complexity index is 1160. The highest BCUT2D eigenvalue weighted by atomic mass is 16.3. The molecule has 1 aromatic carbocycles. The number of hydrogen-bond donors (Lipinski definition) is 2. The van der Waals surface area contributed by atoms with Crippen LogP contribution in [0.3, 0.4) is 0 Å². The molecule has 4 rings (SSSR count). The maximum absolute atomic E-state index is 12.1. The maximum Gasteiger partial charge on any atom is 0.267 e. The van der Waals surface area contributed by atoms with Gasteiger partial charge in [-0.15, -0.1) is 0 Å². The summed E-state index contributed by atoms with van der Waals surface area (Å²) < 4.78 is 0. The number of benzene rings is 1. The number of nitrogens with zero attached hydrogens (tertiary/aromatic N) is 4. The Balaban J connectivity index is 1.70. The van der Waals surface area contributed by atoms with Gasteiger partial charge < -0.3 is 15.7 Å². The number of aryl methyl sites for hydroxylation is 1. The van der Waals surface area contributed by atoms with E-state index in [1.807, 2.05) is 36.4 Å². The third-order valence-electron chi connectivity index (χ3n) is 4.76. The molecule has 7 nitrogen and oxygen atoms in total. The molecule has 3 N–H and O–H groups in total. The van der Waals surface area contributed by atoms with E-state index < -0.39 is 5.60 Å². The minimum atomic E-state index is -1.62. The first kappa shape index (κ1) is 17.9. The average Bonchev–Trinajstić information content (AvgIpc) is 2.94. The Labute approximate surface area is 162 Å². The zero-order valence-electron chi connectivity index (χ0n) is 15.6. The van der Waals surface area contributed by atoms with Crippen molar-refractivity contribution >= 4 is 22.8 Å². The largest absolute Gasteiger partial charge is 0.382 e. The van der Waals surface area contributed by atoms with Crippen molar-refractivity contribution in [2.75, 3.05) is 19.3 Å². The quantitative estimate of drug-likeness (QED) is 0.627. The van der Waals surface area contributed by atoms with E-state index in [9.17, 15) is 9.90 Å². The van der Waals surface area contributed by atoms with Crippen molar-refractivity contribution in [1.82, 2.24) is 19.9 Å². The van der Waals surface area contributed by atoms with Crippen LogP contribution in [-0.2, 0) is 4.79 Å². The maximum atomic E-state index is 12.1. The van der Waals surface area contributed by atoms with Crippen molar-refractivity contribution in [1.29, 1.82) is 0 Å². The number of nitrogen functional groups attached to an aromatic ring is 1. The van der Waals surface area contributed by atoms with Crippen molar-refractivity contribution in [3.8, 4) is 23.1 Å². The SMILES string of the molecule is Cc1nc(N)c2nc(-c3cccc(C#C[C@]4(O)CCN(C)C4=O)c3)ccc2n1. The minimum absolute atomic E-state index is 0.306. The Morgan fingerprint density at radius 2 is 2.04 bits per heavy atom. The molecule has 1 saturated heterocycles. The van der Waals surface area contributed by atoms with Gasteiger partial charge in [-0.25, -0.2) is 15.0 Å². The number of aliphatic hydroxyl groups is 1. The molecular formula is C21H19N5O2. The zero-order chi connectivity index (χ0) is 19.9. The standard InChI is InChI=1S/C21H19N5O2/c1-13-23-17-7-6-16(25-18(17)19(22)24-13)15-5-3-4-14(12-15)8-9-21(28)10-11-26(2)20(21)27/h3-7,12,28H,10-11H2,1-2H3,(H2,22,23,24)/t21-/m0/s1. The lowest BCUT2D eigenvalue weighted by Crippen LogP contribution is -2.37. The molecule has 1 fully saturated rings. The zero-order valence-corrected chi connectivity index (χ0v) is 15.6. The molecule has 1 atom stereocenters. The molecule has 2 aromatic heterocycles. The number of anilines is 1. The van der Waals surface area contributed by atoms with Crippen LogP contribution in [0.1, 0.15) is 17.8 Å². The molecule has 3 aromatic rings. The van der Waals surface area contributed by atoms with Gasteiger partial charge in [-0.05, 0) is 31.2 Å². The van der Waals surface area contributed by atoms with Gasteiger partial charge in [0.1, 0.15) is 11.3 Å². The monoisotopic (exact) mass is 373 g/mol. The topological polar surface area (TPSA) is 105 Å². The van der Waals surface area contributed by atoms with Gasteiger partial charge in [0.25, 0.3) is 5.91 Å². The molecule has 0 saturated carbocycles. The molecule has 1 aliphatic rings. The number of likely N-dealkylation sites (tertiary alicyclic amines) is 1. The molecule has 0 aliphatic carbocycles. The second-order valence-corrected chi connectivity index (χ2v) is 6.89. The first-order chi connectivity index (χ1) is 13.4. The van der Waals surface area contributed by atoms with Crippen LogP contribution in [0.2, 0.25) is 0 Å². The first-order valence-electron chi connectivity index (χ1n) is 8.88. The Hall–Kier alpha value is -3.50. The molecular weight excluding hydrogens is 354 g/mol. The van der Waals surface area contributed by atoms with Gasteiger partial charge in [0.15, 0.2) is 5.82 Å². The van der Waals surface area contributed by atoms with Crippen LogP contribution < -0.4 is 5.73 Å². The van der Waals surface area contributed by atoms with E-state index in [2.05, 4.69) is 26.8 Å². The Morgan fingerprint density at radius 3 is 2.79 bits per heavy atom. The fourth-order valence-electron chi connectivity index (χ4n) is 3.22. The minimum Gasteiger partial charge on any atom is -0.382 e. The number of fused-ring (bicyclic) bond motifs is 1. The molecule has 28 heavy (non-hydrogen) atoms. The van der Waals surface area contributed by atoms with Gasteiger partial charge in [0, 0.05) is 31.1 Å². The number of carbonyl (C=O) groups is 1. The van der Waals surface area contributed by atoms with E-state index in [0.29, 0.717) is 46.9 Å². The van der Waals surface area contributed by atoms with Crippen LogP contribution in [0.25, 0.3) is 22.3 Å². The van der Waals surface area contributed by atoms with Crippen molar-refractivity contribution in [2.45, 2.75) is 18.9 Å². The predicted octanol–water partition coefficient (Wildman–Crippen LogP) is 1.53. The van der Waals surface area contributed by atoms with Gasteiger partial charge in [0.2, 0.25) is 5.60 Å². The number of rotatable bonds is 1. The second-order valence-electron chi connectivity index (χ2n) is 6.89. The fraction of sp³-hybridized carbons (Fsp3) is 0.238. The molecule has 1 aliphatic heterocycles. The highest BCUT2D eigenvalue weighted by Crippen LogP contribution is 2.24. The molecule has 0 radical (unpaired) electrons. The summed E-state index contributed by atoms with van der Waals surface area (Å²) in [6.07, 6.45) is 0.306. The number of carbonyl (C=O) groups excluding carboxylic acids is 1. The van der Waals surface area contributed by atoms with Crippen molar-refractivity contribution in [2.24, 2.45) is 0 Å². The van der Waals surface area contributed by atoms with Crippen LogP contribution in [-0.4, -0.2) is 50.1 Å². The Morgan fingerprint density at radius 1 is 1.21 bits per heavy atom. The summed E-state index contributed by atoms with van der Waals surface area (Å²) in [4.78, 5) is 26.6. The van der Waals surface area contributed by atoms with Crippen molar-refractivity contribution in [3.63, 3.8) is 0 Å². The lowest BCUT2D eigenvalue weighted by molar-refractivity contribution is -0.137. The summed E-state index contributed by atoms with van der Waals surface area (Å²) in [5, 5.41) is 10.4. The molecule has 7 heteroatoms. The third-order valence-corrected chi connectivity index (χ3v) is 4.76. The number of pyridine rings is 1. The molecule has 3 heterocycles. The molecule has 0 bridgehead atoms. The molecule has 0 unspecified atom stereocenters. The summed E-state index contributed by atoms with van der Waals surface area (Å²) in [5.41, 5.74) is 7.86. The van der Waals surface area contributed by atoms with Crippen LogP contribution in [0.5, 0.6) is 0 Å². The normalized spacial score (nSPS) is 19.0. The van der Waals surface area contributed by atoms with Gasteiger partial charge in [-0.1, -0.05) is 24.0 Å². The van der Waals surface area contributed by atoms with E-state index in [1.165, 1.54) is 4.90 Å². The van der Waals surface area contributed by atoms with Gasteiger partial charge in [-0.2, -0.15) is 0 Å².